The lowest BCUT2D eigenvalue weighted by Crippen LogP contribution is -2.06. The maximum Gasteiger partial charge on any atom is 0.238 e. The average molecular weight is 455 g/mol. The van der Waals surface area contributed by atoms with E-state index >= 15 is 0 Å². The van der Waals surface area contributed by atoms with Crippen molar-refractivity contribution in [1.29, 1.82) is 0 Å². The summed E-state index contributed by atoms with van der Waals surface area (Å²) >= 11 is 1.75. The molecule has 0 aliphatic carbocycles. The second-order valence-electron chi connectivity index (χ2n) is 8.16. The van der Waals surface area contributed by atoms with Crippen molar-refractivity contribution >= 4 is 43.2 Å². The molecule has 0 aliphatic rings. The molecule has 0 amide bonds. The van der Waals surface area contributed by atoms with Crippen LogP contribution in [0.25, 0.3) is 60.6 Å². The molecule has 0 atom stereocenters. The Labute approximate surface area is 199 Å². The van der Waals surface area contributed by atoms with Crippen LogP contribution in [-0.4, -0.2) is 19.5 Å². The predicted octanol–water partition coefficient (Wildman–Crippen LogP) is 7.52. The highest BCUT2D eigenvalue weighted by atomic mass is 32.1. The second-order valence-corrected chi connectivity index (χ2v) is 9.11. The van der Waals surface area contributed by atoms with Gasteiger partial charge in [0.05, 0.1) is 11.0 Å². The summed E-state index contributed by atoms with van der Waals surface area (Å²) in [7, 11) is 0. The van der Waals surface area contributed by atoms with Crippen LogP contribution >= 0.6 is 11.3 Å². The van der Waals surface area contributed by atoms with E-state index in [-0.39, 0.29) is 0 Å². The summed E-state index contributed by atoms with van der Waals surface area (Å²) in [5, 5.41) is 5.74. The molecule has 0 spiro atoms. The Hall–Kier alpha value is -4.35. The third-order valence-corrected chi connectivity index (χ3v) is 7.04. The first kappa shape index (κ1) is 19.1. The van der Waals surface area contributed by atoms with Gasteiger partial charge in [0.1, 0.15) is 0 Å². The summed E-state index contributed by atoms with van der Waals surface area (Å²) in [5.41, 5.74) is 4.14. The lowest BCUT2D eigenvalue weighted by molar-refractivity contribution is 0.955. The van der Waals surface area contributed by atoms with Crippen LogP contribution in [0.4, 0.5) is 0 Å². The molecule has 34 heavy (non-hydrogen) atoms. The van der Waals surface area contributed by atoms with E-state index in [0.717, 1.165) is 22.2 Å². The van der Waals surface area contributed by atoms with Crippen molar-refractivity contribution in [1.82, 2.24) is 19.5 Å². The molecular weight excluding hydrogens is 436 g/mol. The van der Waals surface area contributed by atoms with Crippen LogP contribution in [0.2, 0.25) is 0 Å². The average Bonchev–Trinajstić information content (AvgIpc) is 3.52. The molecule has 0 saturated heterocycles. The first-order valence-electron chi connectivity index (χ1n) is 11.1. The van der Waals surface area contributed by atoms with E-state index in [1.54, 1.807) is 11.3 Å². The first-order chi connectivity index (χ1) is 16.9. The minimum absolute atomic E-state index is 0.623. The van der Waals surface area contributed by atoms with E-state index < -0.39 is 0 Å². The molecule has 0 N–H and O–H groups in total. The quantitative estimate of drug-likeness (QED) is 0.277. The molecule has 160 valence electrons. The van der Waals surface area contributed by atoms with Crippen molar-refractivity contribution in [2.45, 2.75) is 0 Å². The summed E-state index contributed by atoms with van der Waals surface area (Å²) in [6.07, 6.45) is 0. The van der Waals surface area contributed by atoms with Crippen molar-refractivity contribution in [2.75, 3.05) is 0 Å². The Balaban J connectivity index is 1.62. The van der Waals surface area contributed by atoms with Crippen LogP contribution in [0, 0.1) is 0 Å². The molecule has 0 aliphatic heterocycles. The van der Waals surface area contributed by atoms with Gasteiger partial charge in [0, 0.05) is 32.0 Å². The highest BCUT2D eigenvalue weighted by Crippen LogP contribution is 2.37. The van der Waals surface area contributed by atoms with Gasteiger partial charge in [-0.1, -0.05) is 84.9 Å². The zero-order chi connectivity index (χ0) is 22.5. The second kappa shape index (κ2) is 7.61. The van der Waals surface area contributed by atoms with Gasteiger partial charge in [-0.15, -0.1) is 11.3 Å². The lowest BCUT2D eigenvalue weighted by atomic mass is 10.1. The highest BCUT2D eigenvalue weighted by Gasteiger charge is 2.19. The number of nitrogens with zero attached hydrogens (tertiary/aromatic N) is 4. The van der Waals surface area contributed by atoms with Crippen LogP contribution in [0.5, 0.6) is 0 Å². The number of benzene rings is 4. The summed E-state index contributed by atoms with van der Waals surface area (Å²) in [4.78, 5) is 14.9. The van der Waals surface area contributed by atoms with Crippen LogP contribution in [0.3, 0.4) is 0 Å². The fourth-order valence-corrected chi connectivity index (χ4v) is 5.40. The van der Waals surface area contributed by atoms with Gasteiger partial charge in [-0.05, 0) is 23.6 Å². The molecule has 0 saturated carbocycles. The smallest absolute Gasteiger partial charge is 0.238 e. The summed E-state index contributed by atoms with van der Waals surface area (Å²) in [5.74, 6) is 1.94. The molecule has 4 nitrogen and oxygen atoms in total. The Bertz CT molecular complexity index is 1740. The van der Waals surface area contributed by atoms with E-state index in [0.29, 0.717) is 17.6 Å². The Morgan fingerprint density at radius 2 is 1.18 bits per heavy atom. The van der Waals surface area contributed by atoms with E-state index in [4.69, 9.17) is 15.0 Å². The summed E-state index contributed by atoms with van der Waals surface area (Å²) in [6.45, 7) is 0. The van der Waals surface area contributed by atoms with Gasteiger partial charge in [0.2, 0.25) is 5.95 Å². The van der Waals surface area contributed by atoms with Gasteiger partial charge in [-0.3, -0.25) is 4.57 Å². The largest absolute Gasteiger partial charge is 0.277 e. The fourth-order valence-electron chi connectivity index (χ4n) is 4.61. The Morgan fingerprint density at radius 3 is 1.88 bits per heavy atom. The van der Waals surface area contributed by atoms with Crippen molar-refractivity contribution in [3.05, 3.63) is 109 Å². The molecule has 0 radical (unpaired) electrons. The molecule has 0 unspecified atom stereocenters. The summed E-state index contributed by atoms with van der Waals surface area (Å²) in [6, 6.07) is 35.3. The van der Waals surface area contributed by atoms with Crippen LogP contribution in [-0.2, 0) is 0 Å². The molecule has 4 aromatic carbocycles. The minimum Gasteiger partial charge on any atom is -0.277 e. The van der Waals surface area contributed by atoms with Gasteiger partial charge in [-0.2, -0.15) is 9.97 Å². The first-order valence-corrected chi connectivity index (χ1v) is 12.0. The molecular formula is C29H18N4S. The zero-order valence-corrected chi connectivity index (χ0v) is 18.9. The predicted molar refractivity (Wildman–Crippen MR) is 140 cm³/mol. The van der Waals surface area contributed by atoms with Gasteiger partial charge in [0.25, 0.3) is 0 Å². The molecule has 0 bridgehead atoms. The standard InChI is InChI=1S/C29H18N4S/c1-3-9-19(10-4-1)27-30-28(20-11-5-2-6-12-20)32-29(31-27)33-24-14-8-7-13-21(24)22-15-16-25-23(26(22)33)17-18-34-25/h1-18H. The number of hydrogen-bond donors (Lipinski definition) is 0. The number of para-hydroxylation sites is 1. The molecule has 3 aromatic heterocycles. The van der Waals surface area contributed by atoms with Gasteiger partial charge in [0.15, 0.2) is 11.6 Å². The molecule has 7 rings (SSSR count). The molecule has 5 heteroatoms. The van der Waals surface area contributed by atoms with E-state index in [9.17, 15) is 0 Å². The summed E-state index contributed by atoms with van der Waals surface area (Å²) < 4.78 is 3.44. The normalized spacial score (nSPS) is 11.5. The van der Waals surface area contributed by atoms with Crippen molar-refractivity contribution in [3.8, 4) is 28.7 Å². The Kier molecular flexibility index (Phi) is 4.29. The zero-order valence-electron chi connectivity index (χ0n) is 18.1. The SMILES string of the molecule is c1ccc(-c2nc(-c3ccccc3)nc(-n3c4ccccc4c4ccc5sccc5c43)n2)cc1. The molecule has 3 heterocycles. The number of thiophene rings is 1. The van der Waals surface area contributed by atoms with Crippen molar-refractivity contribution in [2.24, 2.45) is 0 Å². The van der Waals surface area contributed by atoms with Gasteiger partial charge >= 0.3 is 0 Å². The topological polar surface area (TPSA) is 43.6 Å². The monoisotopic (exact) mass is 454 g/mol. The van der Waals surface area contributed by atoms with Gasteiger partial charge < -0.3 is 0 Å². The van der Waals surface area contributed by atoms with Crippen molar-refractivity contribution in [3.63, 3.8) is 0 Å². The third kappa shape index (κ3) is 2.95. The van der Waals surface area contributed by atoms with E-state index in [1.165, 1.54) is 20.9 Å². The lowest BCUT2D eigenvalue weighted by Gasteiger charge is -2.11. The van der Waals surface area contributed by atoms with E-state index in [1.807, 2.05) is 60.7 Å². The van der Waals surface area contributed by atoms with Crippen molar-refractivity contribution < 1.29 is 0 Å². The van der Waals surface area contributed by atoms with Crippen LogP contribution in [0.1, 0.15) is 0 Å². The number of aromatic nitrogens is 4. The van der Waals surface area contributed by atoms with Crippen LogP contribution < -0.4 is 0 Å². The fraction of sp³-hybridized carbons (Fsp3) is 0. The maximum absolute atomic E-state index is 5.01. The highest BCUT2D eigenvalue weighted by molar-refractivity contribution is 7.17. The number of hydrogen-bond acceptors (Lipinski definition) is 4. The molecule has 0 fully saturated rings. The minimum atomic E-state index is 0.623. The number of fused-ring (bicyclic) bond motifs is 5. The van der Waals surface area contributed by atoms with E-state index in [2.05, 4.69) is 52.4 Å². The van der Waals surface area contributed by atoms with Crippen LogP contribution in [0.15, 0.2) is 109 Å². The Morgan fingerprint density at radius 1 is 0.529 bits per heavy atom. The third-order valence-electron chi connectivity index (χ3n) is 6.15. The maximum atomic E-state index is 5.01. The van der Waals surface area contributed by atoms with Gasteiger partial charge in [-0.25, -0.2) is 4.98 Å². The molecule has 7 aromatic rings. The number of rotatable bonds is 3.